The van der Waals surface area contributed by atoms with Gasteiger partial charge in [0, 0.05) is 19.1 Å². The number of carboxylic acids is 1. The van der Waals surface area contributed by atoms with Gasteiger partial charge in [0.2, 0.25) is 5.91 Å². The van der Waals surface area contributed by atoms with Crippen LogP contribution >= 0.6 is 0 Å². The number of hydrogen-bond donors (Lipinski definition) is 2. The second-order valence-electron chi connectivity index (χ2n) is 5.94. The van der Waals surface area contributed by atoms with Gasteiger partial charge < -0.3 is 15.7 Å². The molecule has 3 N–H and O–H groups in total. The van der Waals surface area contributed by atoms with Crippen molar-refractivity contribution in [2.45, 2.75) is 57.4 Å². The second kappa shape index (κ2) is 5.90. The van der Waals surface area contributed by atoms with E-state index < -0.39 is 11.4 Å². The number of amides is 1. The number of hydrogen-bond acceptors (Lipinski definition) is 3. The topological polar surface area (TPSA) is 83.6 Å². The van der Waals surface area contributed by atoms with Gasteiger partial charge in [-0.25, -0.2) is 0 Å². The molecular weight excluding hydrogens is 244 g/mol. The van der Waals surface area contributed by atoms with Crippen molar-refractivity contribution >= 4 is 11.9 Å². The first kappa shape index (κ1) is 14.3. The molecule has 1 unspecified atom stereocenters. The van der Waals surface area contributed by atoms with Crippen LogP contribution in [0.1, 0.15) is 51.4 Å². The fraction of sp³-hybridized carbons (Fsp3) is 0.857. The van der Waals surface area contributed by atoms with Crippen molar-refractivity contribution in [1.82, 2.24) is 4.90 Å². The van der Waals surface area contributed by atoms with E-state index in [1.165, 1.54) is 6.42 Å². The molecule has 0 aromatic rings. The van der Waals surface area contributed by atoms with Crippen molar-refractivity contribution in [3.05, 3.63) is 0 Å². The van der Waals surface area contributed by atoms with Gasteiger partial charge in [0.15, 0.2) is 0 Å². The standard InChI is InChI=1S/C14H24N2O3/c15-10-14(6-2-1-3-7-14)13(19)16-8-4-5-11(16)9-12(17)18/h11H,1-10,15H2,(H,17,18). The Bertz CT molecular complexity index is 351. The van der Waals surface area contributed by atoms with E-state index in [2.05, 4.69) is 0 Å². The summed E-state index contributed by atoms with van der Waals surface area (Å²) in [6.45, 7) is 1.08. The van der Waals surface area contributed by atoms with Gasteiger partial charge in [-0.15, -0.1) is 0 Å². The molecule has 1 saturated heterocycles. The minimum atomic E-state index is -0.824. The summed E-state index contributed by atoms with van der Waals surface area (Å²) in [6.07, 6.45) is 6.78. The van der Waals surface area contributed by atoms with Gasteiger partial charge >= 0.3 is 5.97 Å². The molecule has 1 atom stereocenters. The van der Waals surface area contributed by atoms with E-state index >= 15 is 0 Å². The predicted molar refractivity (Wildman–Crippen MR) is 71.6 cm³/mol. The summed E-state index contributed by atoms with van der Waals surface area (Å²) >= 11 is 0. The molecule has 108 valence electrons. The normalized spacial score (nSPS) is 26.4. The zero-order chi connectivity index (χ0) is 13.9. The number of carbonyl (C=O) groups is 2. The Morgan fingerprint density at radius 2 is 1.89 bits per heavy atom. The third-order valence-electron chi connectivity index (χ3n) is 4.70. The summed E-state index contributed by atoms with van der Waals surface area (Å²) < 4.78 is 0. The Kier molecular flexibility index (Phi) is 4.45. The average Bonchev–Trinajstić information content (AvgIpc) is 2.85. The highest BCUT2D eigenvalue weighted by Crippen LogP contribution is 2.39. The summed E-state index contributed by atoms with van der Waals surface area (Å²) in [4.78, 5) is 25.5. The number of aliphatic carboxylic acids is 1. The highest BCUT2D eigenvalue weighted by molar-refractivity contribution is 5.84. The zero-order valence-electron chi connectivity index (χ0n) is 11.4. The van der Waals surface area contributed by atoms with Gasteiger partial charge in [-0.2, -0.15) is 0 Å². The molecule has 1 aliphatic heterocycles. The number of carbonyl (C=O) groups excluding carboxylic acids is 1. The number of rotatable bonds is 4. The summed E-state index contributed by atoms with van der Waals surface area (Å²) in [6, 6.07) is -0.129. The lowest BCUT2D eigenvalue weighted by molar-refractivity contribution is -0.146. The average molecular weight is 268 g/mol. The van der Waals surface area contributed by atoms with Gasteiger partial charge in [0.25, 0.3) is 0 Å². The van der Waals surface area contributed by atoms with Gasteiger partial charge in [-0.3, -0.25) is 9.59 Å². The molecule has 2 aliphatic rings. The van der Waals surface area contributed by atoms with E-state index in [0.717, 1.165) is 38.5 Å². The molecule has 1 saturated carbocycles. The summed E-state index contributed by atoms with van der Waals surface area (Å²) in [5.74, 6) is -0.714. The van der Waals surface area contributed by atoms with E-state index in [4.69, 9.17) is 10.8 Å². The van der Waals surface area contributed by atoms with E-state index in [1.54, 1.807) is 4.90 Å². The maximum absolute atomic E-state index is 12.8. The van der Waals surface area contributed by atoms with Crippen LogP contribution in [0.4, 0.5) is 0 Å². The Morgan fingerprint density at radius 1 is 1.21 bits per heavy atom. The third-order valence-corrected chi connectivity index (χ3v) is 4.70. The molecule has 0 aromatic carbocycles. The summed E-state index contributed by atoms with van der Waals surface area (Å²) in [5, 5.41) is 8.94. The van der Waals surface area contributed by atoms with Crippen molar-refractivity contribution < 1.29 is 14.7 Å². The Morgan fingerprint density at radius 3 is 2.47 bits per heavy atom. The summed E-state index contributed by atoms with van der Waals surface area (Å²) in [5.41, 5.74) is 5.47. The SMILES string of the molecule is NCC1(C(=O)N2CCCC2CC(=O)O)CCCCC1. The maximum atomic E-state index is 12.8. The third kappa shape index (κ3) is 2.91. The fourth-order valence-corrected chi connectivity index (χ4v) is 3.56. The van der Waals surface area contributed by atoms with E-state index in [0.29, 0.717) is 13.1 Å². The lowest BCUT2D eigenvalue weighted by Gasteiger charge is -2.39. The Hall–Kier alpha value is -1.10. The number of likely N-dealkylation sites (tertiary alicyclic amines) is 1. The minimum Gasteiger partial charge on any atom is -0.481 e. The van der Waals surface area contributed by atoms with Crippen molar-refractivity contribution in [2.75, 3.05) is 13.1 Å². The largest absolute Gasteiger partial charge is 0.481 e. The molecule has 0 radical (unpaired) electrons. The first-order valence-corrected chi connectivity index (χ1v) is 7.32. The van der Waals surface area contributed by atoms with Gasteiger partial charge in [-0.05, 0) is 25.7 Å². The second-order valence-corrected chi connectivity index (χ2v) is 5.94. The molecule has 19 heavy (non-hydrogen) atoms. The van der Waals surface area contributed by atoms with Gasteiger partial charge in [0.1, 0.15) is 0 Å². The van der Waals surface area contributed by atoms with Crippen molar-refractivity contribution in [3.63, 3.8) is 0 Å². The number of nitrogens with zero attached hydrogens (tertiary/aromatic N) is 1. The zero-order valence-corrected chi connectivity index (χ0v) is 11.4. The first-order valence-electron chi connectivity index (χ1n) is 7.32. The lowest BCUT2D eigenvalue weighted by atomic mass is 9.73. The highest BCUT2D eigenvalue weighted by atomic mass is 16.4. The van der Waals surface area contributed by atoms with E-state index in [-0.39, 0.29) is 18.4 Å². The predicted octanol–water partition coefficient (Wildman–Crippen LogP) is 1.36. The Labute approximate surface area is 114 Å². The maximum Gasteiger partial charge on any atom is 0.305 e. The summed E-state index contributed by atoms with van der Waals surface area (Å²) in [7, 11) is 0. The first-order chi connectivity index (χ1) is 9.09. The van der Waals surface area contributed by atoms with Crippen LogP contribution in [0.2, 0.25) is 0 Å². The van der Waals surface area contributed by atoms with Crippen LogP contribution in [0.5, 0.6) is 0 Å². The molecule has 0 bridgehead atoms. The molecule has 2 rings (SSSR count). The van der Waals surface area contributed by atoms with Crippen LogP contribution in [-0.2, 0) is 9.59 Å². The van der Waals surface area contributed by atoms with Crippen LogP contribution in [0.3, 0.4) is 0 Å². The van der Waals surface area contributed by atoms with Gasteiger partial charge in [-0.1, -0.05) is 19.3 Å². The van der Waals surface area contributed by atoms with Gasteiger partial charge in [0.05, 0.1) is 11.8 Å². The molecule has 1 amide bonds. The quantitative estimate of drug-likeness (QED) is 0.806. The van der Waals surface area contributed by atoms with Crippen LogP contribution in [0.15, 0.2) is 0 Å². The van der Waals surface area contributed by atoms with Crippen LogP contribution < -0.4 is 5.73 Å². The van der Waals surface area contributed by atoms with Crippen molar-refractivity contribution in [3.8, 4) is 0 Å². The molecule has 2 fully saturated rings. The smallest absolute Gasteiger partial charge is 0.305 e. The highest BCUT2D eigenvalue weighted by Gasteiger charge is 2.44. The number of carboxylic acid groups (broad SMARTS) is 1. The monoisotopic (exact) mass is 268 g/mol. The molecule has 0 aromatic heterocycles. The molecule has 5 nitrogen and oxygen atoms in total. The minimum absolute atomic E-state index is 0.0619. The molecule has 5 heteroatoms. The molecule has 0 spiro atoms. The Balaban J connectivity index is 2.10. The number of nitrogens with two attached hydrogens (primary N) is 1. The van der Waals surface area contributed by atoms with E-state index in [9.17, 15) is 9.59 Å². The van der Waals surface area contributed by atoms with Crippen molar-refractivity contribution in [2.24, 2.45) is 11.1 Å². The van der Waals surface area contributed by atoms with Crippen LogP contribution in [-0.4, -0.2) is 41.0 Å². The van der Waals surface area contributed by atoms with Crippen molar-refractivity contribution in [1.29, 1.82) is 0 Å². The van der Waals surface area contributed by atoms with Crippen LogP contribution in [0, 0.1) is 5.41 Å². The fourth-order valence-electron chi connectivity index (χ4n) is 3.56. The van der Waals surface area contributed by atoms with E-state index in [1.807, 2.05) is 0 Å². The van der Waals surface area contributed by atoms with Crippen LogP contribution in [0.25, 0.3) is 0 Å². The lowest BCUT2D eigenvalue weighted by Crippen LogP contribution is -2.51. The molecule has 1 aliphatic carbocycles. The molecule has 1 heterocycles. The molecular formula is C14H24N2O3.